The Morgan fingerprint density at radius 3 is 2.94 bits per heavy atom. The number of hydrogen-bond donors (Lipinski definition) is 2. The molecule has 0 aromatic heterocycles. The second-order valence-corrected chi connectivity index (χ2v) is 5.46. The Labute approximate surface area is 101 Å². The Morgan fingerprint density at radius 1 is 1.65 bits per heavy atom. The summed E-state index contributed by atoms with van der Waals surface area (Å²) >= 11 is 0. The molecule has 5 heteroatoms. The molecule has 0 saturated carbocycles. The zero-order valence-corrected chi connectivity index (χ0v) is 10.3. The first-order valence-corrected chi connectivity index (χ1v) is 6.07. The molecule has 5 nitrogen and oxygen atoms in total. The predicted molar refractivity (Wildman–Crippen MR) is 60.5 cm³/mol. The number of hydrogen-bond acceptors (Lipinski definition) is 3. The van der Waals surface area contributed by atoms with Gasteiger partial charge in [-0.25, -0.2) is 4.79 Å². The van der Waals surface area contributed by atoms with Gasteiger partial charge in [0.1, 0.15) is 6.04 Å². The van der Waals surface area contributed by atoms with Gasteiger partial charge in [0.25, 0.3) is 0 Å². The summed E-state index contributed by atoms with van der Waals surface area (Å²) in [6.07, 6.45) is 2.41. The molecule has 2 rings (SSSR count). The number of amides is 1. The zero-order valence-electron chi connectivity index (χ0n) is 10.3. The molecule has 0 bridgehead atoms. The van der Waals surface area contributed by atoms with Crippen LogP contribution in [0, 0.1) is 5.41 Å². The van der Waals surface area contributed by atoms with Crippen LogP contribution in [0.4, 0.5) is 0 Å². The number of rotatable bonds is 2. The van der Waals surface area contributed by atoms with Crippen LogP contribution in [0.2, 0.25) is 0 Å². The van der Waals surface area contributed by atoms with Crippen molar-refractivity contribution in [1.82, 2.24) is 5.32 Å². The molecule has 2 heterocycles. The molecular weight excluding hydrogens is 222 g/mol. The van der Waals surface area contributed by atoms with E-state index in [2.05, 4.69) is 5.32 Å². The van der Waals surface area contributed by atoms with E-state index in [0.717, 1.165) is 6.42 Å². The maximum Gasteiger partial charge on any atom is 0.326 e. The quantitative estimate of drug-likeness (QED) is 0.754. The van der Waals surface area contributed by atoms with Crippen molar-refractivity contribution in [3.8, 4) is 0 Å². The summed E-state index contributed by atoms with van der Waals surface area (Å²) in [5.41, 5.74) is -0.774. The standard InChI is InChI=1S/C12H19NO4/c1-3-11(2)7-12(4-5-17-11)6-8(14)13-9(12)10(15)16/h9H,3-7H2,1-2H3,(H,13,14)(H,15,16). The van der Waals surface area contributed by atoms with Crippen molar-refractivity contribution in [3.63, 3.8) is 0 Å². The van der Waals surface area contributed by atoms with E-state index in [1.807, 2.05) is 13.8 Å². The minimum atomic E-state index is -0.934. The fourth-order valence-electron chi connectivity index (χ4n) is 3.12. The fraction of sp³-hybridized carbons (Fsp3) is 0.833. The molecule has 2 saturated heterocycles. The number of carboxylic acid groups (broad SMARTS) is 1. The molecule has 96 valence electrons. The average molecular weight is 241 g/mol. The van der Waals surface area contributed by atoms with Crippen LogP contribution in [0.25, 0.3) is 0 Å². The highest BCUT2D eigenvalue weighted by Crippen LogP contribution is 2.47. The van der Waals surface area contributed by atoms with Crippen LogP contribution < -0.4 is 5.32 Å². The van der Waals surface area contributed by atoms with Crippen molar-refractivity contribution in [2.24, 2.45) is 5.41 Å². The van der Waals surface area contributed by atoms with Crippen LogP contribution in [-0.4, -0.2) is 35.2 Å². The lowest BCUT2D eigenvalue weighted by atomic mass is 9.68. The highest BCUT2D eigenvalue weighted by molar-refractivity contribution is 5.89. The lowest BCUT2D eigenvalue weighted by Crippen LogP contribution is -2.51. The zero-order chi connectivity index (χ0) is 12.7. The molecule has 3 unspecified atom stereocenters. The molecule has 2 N–H and O–H groups in total. The molecule has 2 fully saturated rings. The summed E-state index contributed by atoms with van der Waals surface area (Å²) < 4.78 is 5.73. The Bertz CT molecular complexity index is 356. The smallest absolute Gasteiger partial charge is 0.326 e. The SMILES string of the molecule is CCC1(C)CC2(CCO1)CC(=O)NC2C(=O)O. The van der Waals surface area contributed by atoms with Gasteiger partial charge in [0.2, 0.25) is 5.91 Å². The molecule has 2 aliphatic rings. The van der Waals surface area contributed by atoms with Crippen LogP contribution in [0.15, 0.2) is 0 Å². The van der Waals surface area contributed by atoms with E-state index in [4.69, 9.17) is 4.74 Å². The van der Waals surface area contributed by atoms with Gasteiger partial charge in [0, 0.05) is 18.4 Å². The lowest BCUT2D eigenvalue weighted by Gasteiger charge is -2.45. The van der Waals surface area contributed by atoms with Crippen molar-refractivity contribution < 1.29 is 19.4 Å². The van der Waals surface area contributed by atoms with Gasteiger partial charge in [-0.05, 0) is 26.2 Å². The van der Waals surface area contributed by atoms with Crippen molar-refractivity contribution in [2.45, 2.75) is 51.2 Å². The molecule has 3 atom stereocenters. The molecule has 1 amide bonds. The van der Waals surface area contributed by atoms with Gasteiger partial charge in [-0.2, -0.15) is 0 Å². The van der Waals surface area contributed by atoms with Crippen molar-refractivity contribution in [2.75, 3.05) is 6.61 Å². The summed E-state index contributed by atoms with van der Waals surface area (Å²) in [5.74, 6) is -1.09. The maximum atomic E-state index is 11.5. The molecular formula is C12H19NO4. The van der Waals surface area contributed by atoms with Gasteiger partial charge in [0.05, 0.1) is 5.60 Å². The second-order valence-electron chi connectivity index (χ2n) is 5.46. The fourth-order valence-corrected chi connectivity index (χ4v) is 3.12. The maximum absolute atomic E-state index is 11.5. The minimum Gasteiger partial charge on any atom is -0.480 e. The number of nitrogens with one attached hydrogen (secondary N) is 1. The largest absolute Gasteiger partial charge is 0.480 e. The number of carbonyl (C=O) groups is 2. The molecule has 0 radical (unpaired) electrons. The summed E-state index contributed by atoms with van der Waals surface area (Å²) in [6.45, 7) is 4.55. The highest BCUT2D eigenvalue weighted by atomic mass is 16.5. The summed E-state index contributed by atoms with van der Waals surface area (Å²) in [6, 6.07) is -0.759. The van der Waals surface area contributed by atoms with E-state index in [0.29, 0.717) is 25.9 Å². The van der Waals surface area contributed by atoms with Crippen molar-refractivity contribution >= 4 is 11.9 Å². The summed E-state index contributed by atoms with van der Waals surface area (Å²) in [5, 5.41) is 11.8. The minimum absolute atomic E-state index is 0.155. The molecule has 1 spiro atoms. The number of carboxylic acids is 1. The Balaban J connectivity index is 2.27. The molecule has 0 aliphatic carbocycles. The van der Waals surface area contributed by atoms with Gasteiger partial charge >= 0.3 is 5.97 Å². The van der Waals surface area contributed by atoms with E-state index >= 15 is 0 Å². The van der Waals surface area contributed by atoms with Gasteiger partial charge in [-0.3, -0.25) is 4.79 Å². The van der Waals surface area contributed by atoms with E-state index in [1.54, 1.807) is 0 Å². The van der Waals surface area contributed by atoms with Gasteiger partial charge in [-0.1, -0.05) is 6.92 Å². The number of aliphatic carboxylic acids is 1. The van der Waals surface area contributed by atoms with Crippen molar-refractivity contribution in [3.05, 3.63) is 0 Å². The Kier molecular flexibility index (Phi) is 2.89. The molecule has 17 heavy (non-hydrogen) atoms. The van der Waals surface area contributed by atoms with Crippen LogP contribution in [-0.2, 0) is 14.3 Å². The van der Waals surface area contributed by atoms with Gasteiger partial charge in [-0.15, -0.1) is 0 Å². The third-order valence-electron chi connectivity index (χ3n) is 4.20. The molecule has 0 aromatic rings. The average Bonchev–Trinajstić information content (AvgIpc) is 2.55. The third kappa shape index (κ3) is 2.04. The molecule has 2 aliphatic heterocycles. The Morgan fingerprint density at radius 2 is 2.35 bits per heavy atom. The monoisotopic (exact) mass is 241 g/mol. The van der Waals surface area contributed by atoms with E-state index in [-0.39, 0.29) is 11.5 Å². The number of carbonyl (C=O) groups excluding carboxylic acids is 1. The van der Waals surface area contributed by atoms with Crippen LogP contribution in [0.3, 0.4) is 0 Å². The number of ether oxygens (including phenoxy) is 1. The molecule has 0 aromatic carbocycles. The van der Waals surface area contributed by atoms with Crippen LogP contribution in [0.1, 0.15) is 39.5 Å². The third-order valence-corrected chi connectivity index (χ3v) is 4.20. The van der Waals surface area contributed by atoms with E-state index < -0.39 is 17.4 Å². The first-order chi connectivity index (χ1) is 7.91. The topological polar surface area (TPSA) is 75.6 Å². The highest BCUT2D eigenvalue weighted by Gasteiger charge is 2.55. The van der Waals surface area contributed by atoms with Crippen LogP contribution >= 0.6 is 0 Å². The van der Waals surface area contributed by atoms with Gasteiger partial charge in [0.15, 0.2) is 0 Å². The predicted octanol–water partition coefficient (Wildman–Crippen LogP) is 0.925. The first kappa shape index (κ1) is 12.4. The van der Waals surface area contributed by atoms with Gasteiger partial charge < -0.3 is 15.2 Å². The normalized spacial score (nSPS) is 41.5. The lowest BCUT2D eigenvalue weighted by molar-refractivity contribution is -0.152. The Hall–Kier alpha value is -1.10. The van der Waals surface area contributed by atoms with Crippen LogP contribution in [0.5, 0.6) is 0 Å². The summed E-state index contributed by atoms with van der Waals surface area (Å²) in [7, 11) is 0. The van der Waals surface area contributed by atoms with Crippen molar-refractivity contribution in [1.29, 1.82) is 0 Å². The van der Waals surface area contributed by atoms with E-state index in [9.17, 15) is 14.7 Å². The second kappa shape index (κ2) is 3.98. The van der Waals surface area contributed by atoms with E-state index in [1.165, 1.54) is 0 Å². The first-order valence-electron chi connectivity index (χ1n) is 6.07. The summed E-state index contributed by atoms with van der Waals surface area (Å²) in [4.78, 5) is 22.8.